The van der Waals surface area contributed by atoms with Crippen molar-refractivity contribution < 1.29 is 0 Å². The van der Waals surface area contributed by atoms with E-state index in [0.29, 0.717) is 11.0 Å². The quantitative estimate of drug-likeness (QED) is 0.541. The topological polar surface area (TPSA) is 65.1 Å². The van der Waals surface area contributed by atoms with Crippen LogP contribution in [0.3, 0.4) is 0 Å². The summed E-state index contributed by atoms with van der Waals surface area (Å²) in [5, 5.41) is 10.9. The van der Waals surface area contributed by atoms with Crippen LogP contribution >= 0.6 is 11.3 Å². The zero-order chi connectivity index (χ0) is 16.5. The maximum Gasteiger partial charge on any atom is 0.285 e. The standard InChI is InChI=1S/C17H13N5OS/c1-12-7-8-24-15(12)10-19-21-11-18-16-14(17(21)23)9-20-22(16)13-5-3-2-4-6-13/h2-11H,1H3/b19-10-. The molecule has 0 bridgehead atoms. The molecule has 0 N–H and O–H groups in total. The lowest BCUT2D eigenvalue weighted by molar-refractivity contribution is 0.810. The fraction of sp³-hybridized carbons (Fsp3) is 0.0588. The average Bonchev–Trinajstić information content (AvgIpc) is 3.22. The van der Waals surface area contributed by atoms with Crippen molar-refractivity contribution >= 4 is 28.6 Å². The van der Waals surface area contributed by atoms with E-state index < -0.39 is 0 Å². The van der Waals surface area contributed by atoms with E-state index in [1.165, 1.54) is 17.2 Å². The second kappa shape index (κ2) is 5.86. The zero-order valence-electron chi connectivity index (χ0n) is 12.8. The van der Waals surface area contributed by atoms with E-state index in [1.54, 1.807) is 22.2 Å². The largest absolute Gasteiger partial charge is 0.285 e. The monoisotopic (exact) mass is 335 g/mol. The van der Waals surface area contributed by atoms with E-state index >= 15 is 0 Å². The Labute approximate surface area is 141 Å². The maximum atomic E-state index is 12.6. The average molecular weight is 335 g/mol. The molecule has 6 nitrogen and oxygen atoms in total. The summed E-state index contributed by atoms with van der Waals surface area (Å²) in [4.78, 5) is 17.9. The first-order chi connectivity index (χ1) is 11.7. The van der Waals surface area contributed by atoms with Crippen molar-refractivity contribution in [1.82, 2.24) is 19.4 Å². The summed E-state index contributed by atoms with van der Waals surface area (Å²) in [6.45, 7) is 2.01. The van der Waals surface area contributed by atoms with E-state index in [1.807, 2.05) is 48.7 Å². The number of benzene rings is 1. The van der Waals surface area contributed by atoms with Gasteiger partial charge in [0.15, 0.2) is 5.65 Å². The third kappa shape index (κ3) is 2.44. The van der Waals surface area contributed by atoms with E-state index in [-0.39, 0.29) is 5.56 Å². The van der Waals surface area contributed by atoms with E-state index in [4.69, 9.17) is 0 Å². The van der Waals surface area contributed by atoms with Gasteiger partial charge in [0.1, 0.15) is 11.7 Å². The van der Waals surface area contributed by atoms with Gasteiger partial charge in [0.2, 0.25) is 0 Å². The predicted octanol–water partition coefficient (Wildman–Crippen LogP) is 2.83. The summed E-state index contributed by atoms with van der Waals surface area (Å²) >= 11 is 1.58. The van der Waals surface area contributed by atoms with Crippen molar-refractivity contribution in [3.63, 3.8) is 0 Å². The Bertz CT molecular complexity index is 1090. The molecule has 0 fully saturated rings. The van der Waals surface area contributed by atoms with Gasteiger partial charge in [-0.05, 0) is 36.1 Å². The summed E-state index contributed by atoms with van der Waals surface area (Å²) in [5.41, 5.74) is 2.26. The first-order valence-electron chi connectivity index (χ1n) is 7.33. The number of aryl methyl sites for hydroxylation is 1. The van der Waals surface area contributed by atoms with E-state index in [2.05, 4.69) is 15.2 Å². The van der Waals surface area contributed by atoms with Gasteiger partial charge in [-0.2, -0.15) is 14.9 Å². The third-order valence-corrected chi connectivity index (χ3v) is 4.63. The lowest BCUT2D eigenvalue weighted by Gasteiger charge is -2.02. The molecule has 3 aromatic heterocycles. The number of nitrogens with zero attached hydrogens (tertiary/aromatic N) is 5. The Balaban J connectivity index is 1.79. The maximum absolute atomic E-state index is 12.6. The molecule has 0 unspecified atom stereocenters. The minimum absolute atomic E-state index is 0.243. The smallest absolute Gasteiger partial charge is 0.266 e. The summed E-state index contributed by atoms with van der Waals surface area (Å²) in [5.74, 6) is 0. The summed E-state index contributed by atoms with van der Waals surface area (Å²) in [7, 11) is 0. The Hall–Kier alpha value is -3.06. The fourth-order valence-electron chi connectivity index (χ4n) is 2.37. The summed E-state index contributed by atoms with van der Waals surface area (Å²) < 4.78 is 2.88. The van der Waals surface area contributed by atoms with Gasteiger partial charge in [-0.15, -0.1) is 11.3 Å². The lowest BCUT2D eigenvalue weighted by atomic mass is 10.3. The molecule has 0 radical (unpaired) electrons. The lowest BCUT2D eigenvalue weighted by Crippen LogP contribution is -2.17. The first-order valence-corrected chi connectivity index (χ1v) is 8.21. The molecule has 7 heteroatoms. The van der Waals surface area contributed by atoms with Crippen molar-refractivity contribution in [1.29, 1.82) is 0 Å². The Morgan fingerprint density at radius 1 is 1.21 bits per heavy atom. The molecule has 0 saturated carbocycles. The second-order valence-corrected chi connectivity index (χ2v) is 6.18. The Morgan fingerprint density at radius 2 is 2.04 bits per heavy atom. The predicted molar refractivity (Wildman–Crippen MR) is 95.2 cm³/mol. The van der Waals surface area contributed by atoms with Crippen molar-refractivity contribution in [3.8, 4) is 5.69 Å². The minimum Gasteiger partial charge on any atom is -0.266 e. The molecular formula is C17H13N5OS. The molecule has 0 aliphatic heterocycles. The minimum atomic E-state index is -0.243. The highest BCUT2D eigenvalue weighted by molar-refractivity contribution is 7.11. The van der Waals surface area contributed by atoms with Gasteiger partial charge in [0, 0.05) is 0 Å². The van der Waals surface area contributed by atoms with Crippen LogP contribution in [0.4, 0.5) is 0 Å². The van der Waals surface area contributed by atoms with Crippen LogP contribution in [0.5, 0.6) is 0 Å². The highest BCUT2D eigenvalue weighted by Gasteiger charge is 2.10. The van der Waals surface area contributed by atoms with Gasteiger partial charge < -0.3 is 0 Å². The highest BCUT2D eigenvalue weighted by Crippen LogP contribution is 2.14. The molecule has 0 atom stereocenters. The molecule has 4 aromatic rings. The molecule has 118 valence electrons. The molecule has 3 heterocycles. The molecule has 0 aliphatic rings. The Morgan fingerprint density at radius 3 is 2.79 bits per heavy atom. The molecule has 0 saturated heterocycles. The molecule has 1 aromatic carbocycles. The number of rotatable bonds is 3. The van der Waals surface area contributed by atoms with Crippen LogP contribution < -0.4 is 5.56 Å². The van der Waals surface area contributed by atoms with E-state index in [0.717, 1.165) is 16.1 Å². The number of hydrogen-bond donors (Lipinski definition) is 0. The summed E-state index contributed by atoms with van der Waals surface area (Å²) in [6, 6.07) is 11.6. The number of aromatic nitrogens is 4. The number of hydrogen-bond acceptors (Lipinski definition) is 5. The van der Waals surface area contributed by atoms with Gasteiger partial charge in [-0.3, -0.25) is 4.79 Å². The van der Waals surface area contributed by atoms with Crippen molar-refractivity contribution in [2.75, 3.05) is 0 Å². The van der Waals surface area contributed by atoms with Crippen LogP contribution in [0.2, 0.25) is 0 Å². The Kier molecular flexibility index (Phi) is 3.55. The van der Waals surface area contributed by atoms with Gasteiger partial charge in [0.05, 0.1) is 23.0 Å². The van der Waals surface area contributed by atoms with Crippen molar-refractivity contribution in [2.45, 2.75) is 6.92 Å². The van der Waals surface area contributed by atoms with E-state index in [9.17, 15) is 4.79 Å². The fourth-order valence-corrected chi connectivity index (χ4v) is 3.15. The van der Waals surface area contributed by atoms with Crippen molar-refractivity contribution in [2.24, 2.45) is 5.10 Å². The highest BCUT2D eigenvalue weighted by atomic mass is 32.1. The SMILES string of the molecule is Cc1ccsc1/C=N\n1cnc2c(cnn2-c2ccccc2)c1=O. The van der Waals surface area contributed by atoms with Crippen LogP contribution in [0.15, 0.2) is 64.2 Å². The molecule has 0 aliphatic carbocycles. The molecular weight excluding hydrogens is 322 g/mol. The third-order valence-electron chi connectivity index (χ3n) is 3.67. The molecule has 0 amide bonds. The van der Waals surface area contributed by atoms with Crippen LogP contribution in [-0.4, -0.2) is 25.7 Å². The zero-order valence-corrected chi connectivity index (χ0v) is 13.6. The van der Waals surface area contributed by atoms with Gasteiger partial charge in [-0.1, -0.05) is 18.2 Å². The summed E-state index contributed by atoms with van der Waals surface area (Å²) in [6.07, 6.45) is 4.63. The number of fused-ring (bicyclic) bond motifs is 1. The number of thiophene rings is 1. The van der Waals surface area contributed by atoms with Gasteiger partial charge in [-0.25, -0.2) is 9.67 Å². The van der Waals surface area contributed by atoms with Crippen LogP contribution in [0, 0.1) is 6.92 Å². The first kappa shape index (κ1) is 14.5. The normalized spacial score (nSPS) is 11.5. The van der Waals surface area contributed by atoms with Crippen molar-refractivity contribution in [3.05, 3.63) is 75.1 Å². The van der Waals surface area contributed by atoms with Gasteiger partial charge in [0.25, 0.3) is 5.56 Å². The second-order valence-electron chi connectivity index (χ2n) is 5.24. The molecule has 4 rings (SSSR count). The number of para-hydroxylation sites is 1. The van der Waals surface area contributed by atoms with Crippen LogP contribution in [-0.2, 0) is 0 Å². The van der Waals surface area contributed by atoms with Crippen LogP contribution in [0.25, 0.3) is 16.7 Å². The van der Waals surface area contributed by atoms with Gasteiger partial charge >= 0.3 is 0 Å². The molecule has 24 heavy (non-hydrogen) atoms. The van der Waals surface area contributed by atoms with Crippen LogP contribution in [0.1, 0.15) is 10.4 Å². The molecule has 0 spiro atoms.